The largest absolute Gasteiger partial charge is 0.497 e. The van der Waals surface area contributed by atoms with Crippen LogP contribution in [0.2, 0.25) is 5.02 Å². The zero-order chi connectivity index (χ0) is 14.5. The second-order valence-electron chi connectivity index (χ2n) is 4.14. The summed E-state index contributed by atoms with van der Waals surface area (Å²) in [4.78, 5) is 3.87. The molecule has 0 aliphatic rings. The Kier molecular flexibility index (Phi) is 4.76. The first-order valence-corrected chi connectivity index (χ1v) is 6.34. The van der Waals surface area contributed by atoms with E-state index in [1.54, 1.807) is 31.4 Å². The second-order valence-corrected chi connectivity index (χ2v) is 4.57. The summed E-state index contributed by atoms with van der Waals surface area (Å²) in [7, 11) is 1.57. The molecule has 0 saturated carbocycles. The van der Waals surface area contributed by atoms with Crippen molar-refractivity contribution in [2.24, 2.45) is 0 Å². The van der Waals surface area contributed by atoms with E-state index in [2.05, 4.69) is 10.3 Å². The van der Waals surface area contributed by atoms with Gasteiger partial charge < -0.3 is 15.2 Å². The lowest BCUT2D eigenvalue weighted by Gasteiger charge is -2.18. The molecule has 20 heavy (non-hydrogen) atoms. The van der Waals surface area contributed by atoms with Crippen molar-refractivity contribution >= 4 is 17.4 Å². The number of hydrogen-bond acceptors (Lipinski definition) is 4. The van der Waals surface area contributed by atoms with Crippen molar-refractivity contribution in [3.63, 3.8) is 0 Å². The number of hydrogen-bond donors (Lipinski definition) is 2. The van der Waals surface area contributed by atoms with Gasteiger partial charge in [0.05, 0.1) is 24.8 Å². The normalized spacial score (nSPS) is 12.0. The summed E-state index contributed by atoms with van der Waals surface area (Å²) in [5.41, 5.74) is 0.796. The average molecular weight is 297 g/mol. The molecule has 0 amide bonds. The molecular formula is C14H14ClFN2O2. The van der Waals surface area contributed by atoms with E-state index in [1.807, 2.05) is 0 Å². The van der Waals surface area contributed by atoms with E-state index in [4.69, 9.17) is 16.3 Å². The lowest BCUT2D eigenvalue weighted by atomic mass is 10.1. The van der Waals surface area contributed by atoms with Gasteiger partial charge in [-0.15, -0.1) is 0 Å². The van der Waals surface area contributed by atoms with Gasteiger partial charge in [-0.05, 0) is 23.8 Å². The Hall–Kier alpha value is -1.85. The molecule has 1 aromatic heterocycles. The van der Waals surface area contributed by atoms with Crippen molar-refractivity contribution in [2.45, 2.75) is 6.04 Å². The van der Waals surface area contributed by atoms with Crippen molar-refractivity contribution in [1.29, 1.82) is 0 Å². The summed E-state index contributed by atoms with van der Waals surface area (Å²) in [6.45, 7) is -0.198. The third-order valence-electron chi connectivity index (χ3n) is 2.82. The van der Waals surface area contributed by atoms with Crippen LogP contribution < -0.4 is 10.1 Å². The number of ether oxygens (including phenoxy) is 1. The number of pyridine rings is 1. The van der Waals surface area contributed by atoms with Crippen LogP contribution in [0.1, 0.15) is 11.6 Å². The zero-order valence-electron chi connectivity index (χ0n) is 10.8. The highest BCUT2D eigenvalue weighted by Crippen LogP contribution is 2.23. The van der Waals surface area contributed by atoms with E-state index < -0.39 is 11.9 Å². The molecule has 1 atom stereocenters. The Balaban J connectivity index is 2.19. The third kappa shape index (κ3) is 3.37. The highest BCUT2D eigenvalue weighted by atomic mass is 35.5. The molecule has 0 saturated heterocycles. The summed E-state index contributed by atoms with van der Waals surface area (Å²) >= 11 is 5.64. The quantitative estimate of drug-likeness (QED) is 0.890. The van der Waals surface area contributed by atoms with Gasteiger partial charge in [-0.3, -0.25) is 0 Å². The number of anilines is 1. The zero-order valence-corrected chi connectivity index (χ0v) is 11.6. The van der Waals surface area contributed by atoms with Crippen LogP contribution in [0.25, 0.3) is 0 Å². The maximum atomic E-state index is 13.7. The van der Waals surface area contributed by atoms with E-state index >= 15 is 0 Å². The topological polar surface area (TPSA) is 54.4 Å². The Labute approximate surface area is 121 Å². The smallest absolute Gasteiger partial charge is 0.166 e. The molecule has 0 aliphatic heterocycles. The van der Waals surface area contributed by atoms with Gasteiger partial charge in [0.2, 0.25) is 0 Å². The molecule has 0 spiro atoms. The van der Waals surface area contributed by atoms with Crippen molar-refractivity contribution in [3.8, 4) is 5.75 Å². The van der Waals surface area contributed by atoms with Crippen LogP contribution in [0.5, 0.6) is 5.75 Å². The van der Waals surface area contributed by atoms with Gasteiger partial charge in [0.25, 0.3) is 0 Å². The van der Waals surface area contributed by atoms with Crippen LogP contribution >= 0.6 is 11.6 Å². The number of halogens is 2. The summed E-state index contributed by atoms with van der Waals surface area (Å²) in [5, 5.41) is 12.5. The van der Waals surface area contributed by atoms with Crippen LogP contribution in [0.15, 0.2) is 36.5 Å². The van der Waals surface area contributed by atoms with Crippen molar-refractivity contribution in [1.82, 2.24) is 4.98 Å². The first-order chi connectivity index (χ1) is 9.63. The molecule has 106 valence electrons. The minimum atomic E-state index is -0.565. The van der Waals surface area contributed by atoms with Gasteiger partial charge in [-0.25, -0.2) is 9.37 Å². The molecule has 0 fully saturated rings. The van der Waals surface area contributed by atoms with Crippen molar-refractivity contribution < 1.29 is 14.2 Å². The maximum Gasteiger partial charge on any atom is 0.166 e. The van der Waals surface area contributed by atoms with E-state index in [-0.39, 0.29) is 17.4 Å². The van der Waals surface area contributed by atoms with Gasteiger partial charge in [0.15, 0.2) is 11.6 Å². The molecule has 0 bridgehead atoms. The molecule has 0 aliphatic carbocycles. The fourth-order valence-corrected chi connectivity index (χ4v) is 1.90. The second kappa shape index (κ2) is 6.54. The van der Waals surface area contributed by atoms with Gasteiger partial charge in [0.1, 0.15) is 5.75 Å². The Morgan fingerprint density at radius 3 is 2.65 bits per heavy atom. The van der Waals surface area contributed by atoms with Crippen molar-refractivity contribution in [2.75, 3.05) is 19.0 Å². The van der Waals surface area contributed by atoms with E-state index in [0.29, 0.717) is 5.75 Å². The van der Waals surface area contributed by atoms with Crippen molar-refractivity contribution in [3.05, 3.63) is 52.9 Å². The van der Waals surface area contributed by atoms with Gasteiger partial charge in [0, 0.05) is 6.20 Å². The molecule has 2 rings (SSSR count). The van der Waals surface area contributed by atoms with E-state index in [0.717, 1.165) is 5.56 Å². The number of nitrogens with zero attached hydrogens (tertiary/aromatic N) is 1. The highest BCUT2D eigenvalue weighted by Gasteiger charge is 2.14. The molecule has 1 heterocycles. The van der Waals surface area contributed by atoms with Gasteiger partial charge in [-0.2, -0.15) is 0 Å². The molecule has 2 N–H and O–H groups in total. The number of methoxy groups -OCH3 is 1. The molecule has 6 heteroatoms. The fourth-order valence-electron chi connectivity index (χ4n) is 1.76. The molecule has 0 radical (unpaired) electrons. The number of benzene rings is 1. The van der Waals surface area contributed by atoms with Crippen LogP contribution in [0.3, 0.4) is 0 Å². The number of rotatable bonds is 5. The first-order valence-electron chi connectivity index (χ1n) is 5.96. The Bertz CT molecular complexity index is 578. The van der Waals surface area contributed by atoms with Crippen LogP contribution in [0.4, 0.5) is 10.2 Å². The van der Waals surface area contributed by atoms with Gasteiger partial charge in [-0.1, -0.05) is 23.7 Å². The molecule has 1 aromatic carbocycles. The van der Waals surface area contributed by atoms with Crippen LogP contribution in [-0.2, 0) is 0 Å². The number of aliphatic hydroxyl groups excluding tert-OH is 1. The predicted octanol–water partition coefficient (Wildman–Crippen LogP) is 3.03. The monoisotopic (exact) mass is 296 g/mol. The Morgan fingerprint density at radius 1 is 1.40 bits per heavy atom. The van der Waals surface area contributed by atoms with E-state index in [9.17, 15) is 9.50 Å². The van der Waals surface area contributed by atoms with Crippen LogP contribution in [0, 0.1) is 5.82 Å². The molecular weight excluding hydrogens is 283 g/mol. The highest BCUT2D eigenvalue weighted by molar-refractivity contribution is 6.30. The lowest BCUT2D eigenvalue weighted by molar-refractivity contribution is 0.275. The summed E-state index contributed by atoms with van der Waals surface area (Å²) < 4.78 is 18.7. The Morgan fingerprint density at radius 2 is 2.10 bits per heavy atom. The number of aromatic nitrogens is 1. The fraction of sp³-hybridized carbons (Fsp3) is 0.214. The SMILES string of the molecule is COc1ccc([C@H](CO)Nc2ncc(Cl)cc2F)cc1. The standard InChI is InChI=1S/C14H14ClFN2O2/c1-20-11-4-2-9(3-5-11)13(8-19)18-14-12(16)6-10(15)7-17-14/h2-7,13,19H,8H2,1H3,(H,17,18)/t13-/m0/s1. The van der Waals surface area contributed by atoms with E-state index in [1.165, 1.54) is 12.3 Å². The first kappa shape index (κ1) is 14.6. The minimum absolute atomic E-state index is 0.0456. The van der Waals surface area contributed by atoms with Crippen LogP contribution in [-0.4, -0.2) is 23.8 Å². The van der Waals surface area contributed by atoms with Gasteiger partial charge >= 0.3 is 0 Å². The molecule has 0 unspecified atom stereocenters. The lowest BCUT2D eigenvalue weighted by Crippen LogP contribution is -2.16. The molecule has 2 aromatic rings. The average Bonchev–Trinajstić information content (AvgIpc) is 2.47. The number of nitrogens with one attached hydrogen (secondary N) is 1. The number of aliphatic hydroxyl groups is 1. The predicted molar refractivity (Wildman–Crippen MR) is 75.6 cm³/mol. The minimum Gasteiger partial charge on any atom is -0.497 e. The summed E-state index contributed by atoms with van der Waals surface area (Å²) in [5.74, 6) is 0.190. The maximum absolute atomic E-state index is 13.7. The third-order valence-corrected chi connectivity index (χ3v) is 3.03. The summed E-state index contributed by atoms with van der Waals surface area (Å²) in [6.07, 6.45) is 1.34. The summed E-state index contributed by atoms with van der Waals surface area (Å²) in [6, 6.07) is 7.82. The molecule has 4 nitrogen and oxygen atoms in total.